The van der Waals surface area contributed by atoms with Crippen LogP contribution in [-0.4, -0.2) is 10.9 Å². The van der Waals surface area contributed by atoms with Gasteiger partial charge in [0.15, 0.2) is 0 Å². The molecule has 1 aliphatic rings. The summed E-state index contributed by atoms with van der Waals surface area (Å²) in [6.45, 7) is 0.390. The van der Waals surface area contributed by atoms with E-state index in [4.69, 9.17) is 4.74 Å². The number of fused-ring (bicyclic) bond motifs is 1. The third-order valence-electron chi connectivity index (χ3n) is 4.80. The van der Waals surface area contributed by atoms with Gasteiger partial charge in [0.25, 0.3) is 0 Å². The van der Waals surface area contributed by atoms with Crippen molar-refractivity contribution in [3.05, 3.63) is 75.7 Å². The lowest BCUT2D eigenvalue weighted by Gasteiger charge is -2.16. The molecule has 1 aliphatic carbocycles. The fraction of sp³-hybridized carbons (Fsp3) is 0.273. The van der Waals surface area contributed by atoms with Gasteiger partial charge >= 0.3 is 0 Å². The number of nitrogens with zero attached hydrogens (tertiary/aromatic N) is 1. The predicted molar refractivity (Wildman–Crippen MR) is 108 cm³/mol. The number of aromatic nitrogens is 1. The minimum absolute atomic E-state index is 0.0320. The van der Waals surface area contributed by atoms with E-state index in [9.17, 15) is 4.79 Å². The lowest BCUT2D eigenvalue weighted by atomic mass is 9.90. The Bertz CT molecular complexity index is 922. The first-order chi connectivity index (χ1) is 13.3. The molecular weight excluding hydrogens is 356 g/mol. The normalized spacial score (nSPS) is 13.0. The van der Waals surface area contributed by atoms with Crippen molar-refractivity contribution in [3.8, 4) is 5.75 Å². The summed E-state index contributed by atoms with van der Waals surface area (Å²) in [5.74, 6) is 0.625. The van der Waals surface area contributed by atoms with Gasteiger partial charge in [0, 0.05) is 5.38 Å². The van der Waals surface area contributed by atoms with E-state index < -0.39 is 0 Å². The van der Waals surface area contributed by atoms with Gasteiger partial charge in [-0.25, -0.2) is 4.98 Å². The van der Waals surface area contributed by atoms with Gasteiger partial charge in [-0.15, -0.1) is 11.3 Å². The van der Waals surface area contributed by atoms with Gasteiger partial charge in [-0.2, -0.15) is 0 Å². The first kappa shape index (κ1) is 17.7. The first-order valence-corrected chi connectivity index (χ1v) is 10.2. The fourth-order valence-electron chi connectivity index (χ4n) is 3.43. The molecule has 0 atom stereocenters. The van der Waals surface area contributed by atoms with Crippen LogP contribution in [-0.2, 0) is 30.7 Å². The molecule has 0 saturated heterocycles. The molecule has 4 rings (SSSR count). The van der Waals surface area contributed by atoms with Crippen LogP contribution in [0.4, 0.5) is 5.69 Å². The van der Waals surface area contributed by atoms with Crippen LogP contribution in [0.2, 0.25) is 0 Å². The van der Waals surface area contributed by atoms with Gasteiger partial charge in [0.05, 0.1) is 23.3 Å². The van der Waals surface area contributed by atoms with Crippen LogP contribution in [0.25, 0.3) is 0 Å². The quantitative estimate of drug-likeness (QED) is 0.671. The Morgan fingerprint density at radius 3 is 2.81 bits per heavy atom. The zero-order chi connectivity index (χ0) is 18.5. The van der Waals surface area contributed by atoms with Gasteiger partial charge in [0.2, 0.25) is 5.91 Å². The fourth-order valence-corrected chi connectivity index (χ4v) is 3.98. The summed E-state index contributed by atoms with van der Waals surface area (Å²) in [7, 11) is 0. The van der Waals surface area contributed by atoms with Crippen LogP contribution in [0.5, 0.6) is 5.75 Å². The summed E-state index contributed by atoms with van der Waals surface area (Å²) in [5.41, 5.74) is 7.26. The summed E-state index contributed by atoms with van der Waals surface area (Å²) in [4.78, 5) is 16.8. The van der Waals surface area contributed by atoms with Gasteiger partial charge in [-0.05, 0) is 54.5 Å². The highest BCUT2D eigenvalue weighted by Crippen LogP contribution is 2.26. The summed E-state index contributed by atoms with van der Waals surface area (Å²) >= 11 is 1.54. The highest BCUT2D eigenvalue weighted by Gasteiger charge is 2.12. The van der Waals surface area contributed by atoms with Crippen molar-refractivity contribution in [2.45, 2.75) is 38.7 Å². The molecule has 4 nitrogen and oxygen atoms in total. The number of ether oxygens (including phenoxy) is 1. The molecule has 27 heavy (non-hydrogen) atoms. The molecule has 0 spiro atoms. The Labute approximate surface area is 163 Å². The average molecular weight is 378 g/mol. The van der Waals surface area contributed by atoms with Crippen molar-refractivity contribution in [2.24, 2.45) is 0 Å². The minimum Gasteiger partial charge on any atom is -0.485 e. The Kier molecular flexibility index (Phi) is 5.49. The molecule has 138 valence electrons. The third-order valence-corrected chi connectivity index (χ3v) is 5.43. The van der Waals surface area contributed by atoms with Crippen LogP contribution >= 0.6 is 11.3 Å². The van der Waals surface area contributed by atoms with Crippen LogP contribution in [0, 0.1) is 0 Å². The number of carbonyl (C=O) groups excluding carboxylic acids is 1. The number of rotatable bonds is 6. The van der Waals surface area contributed by atoms with E-state index in [1.807, 2.05) is 29.6 Å². The largest absolute Gasteiger partial charge is 0.485 e. The van der Waals surface area contributed by atoms with Crippen molar-refractivity contribution in [1.82, 2.24) is 4.98 Å². The molecule has 0 aliphatic heterocycles. The molecule has 0 saturated carbocycles. The number of nitrogens with one attached hydrogen (secondary N) is 1. The van der Waals surface area contributed by atoms with Crippen LogP contribution in [0.3, 0.4) is 0 Å². The summed E-state index contributed by atoms with van der Waals surface area (Å²) in [6.07, 6.45) is 5.16. The number of hydrogen-bond donors (Lipinski definition) is 1. The maximum Gasteiger partial charge on any atom is 0.228 e. The van der Waals surface area contributed by atoms with E-state index in [2.05, 4.69) is 28.5 Å². The molecule has 5 heteroatoms. The van der Waals surface area contributed by atoms with E-state index in [0.29, 0.717) is 24.5 Å². The Morgan fingerprint density at radius 2 is 1.96 bits per heavy atom. The molecule has 0 unspecified atom stereocenters. The number of carbonyl (C=O) groups is 1. The summed E-state index contributed by atoms with van der Waals surface area (Å²) in [6, 6.07) is 14.0. The summed E-state index contributed by atoms with van der Waals surface area (Å²) < 4.78 is 5.84. The number of hydrogen-bond acceptors (Lipinski definition) is 4. The second kappa shape index (κ2) is 8.35. The molecule has 0 bridgehead atoms. The SMILES string of the molecule is O=C(Cc1ccc2c(c1)CCCC2)Nc1ccccc1OCc1cscn1. The van der Waals surface area contributed by atoms with Crippen LogP contribution in [0.1, 0.15) is 35.2 Å². The van der Waals surface area contributed by atoms with E-state index in [0.717, 1.165) is 24.1 Å². The summed E-state index contributed by atoms with van der Waals surface area (Å²) in [5, 5.41) is 4.94. The molecule has 1 aromatic heterocycles. The first-order valence-electron chi connectivity index (χ1n) is 9.27. The molecule has 0 radical (unpaired) electrons. The second-order valence-corrected chi connectivity index (χ2v) is 7.52. The number of para-hydroxylation sites is 2. The maximum absolute atomic E-state index is 12.6. The lowest BCUT2D eigenvalue weighted by molar-refractivity contribution is -0.115. The van der Waals surface area contributed by atoms with E-state index in [-0.39, 0.29) is 5.91 Å². The number of aryl methyl sites for hydroxylation is 2. The van der Waals surface area contributed by atoms with Crippen molar-refractivity contribution in [3.63, 3.8) is 0 Å². The molecule has 1 heterocycles. The smallest absolute Gasteiger partial charge is 0.228 e. The molecule has 0 fully saturated rings. The second-order valence-electron chi connectivity index (χ2n) is 6.80. The number of thiazole rings is 1. The van der Waals surface area contributed by atoms with Crippen LogP contribution < -0.4 is 10.1 Å². The predicted octanol–water partition coefficient (Wildman–Crippen LogP) is 4.78. The van der Waals surface area contributed by atoms with E-state index in [1.54, 1.807) is 5.51 Å². The standard InChI is InChI=1S/C22H22N2O2S/c25-22(12-16-9-10-17-5-1-2-6-18(17)11-16)24-20-7-3-4-8-21(20)26-13-19-14-27-15-23-19/h3-4,7-11,14-15H,1-2,5-6,12-13H2,(H,24,25). The number of benzene rings is 2. The molecule has 1 N–H and O–H groups in total. The number of amides is 1. The lowest BCUT2D eigenvalue weighted by Crippen LogP contribution is -2.16. The molecule has 2 aromatic carbocycles. The van der Waals surface area contributed by atoms with E-state index >= 15 is 0 Å². The Morgan fingerprint density at radius 1 is 1.11 bits per heavy atom. The van der Waals surface area contributed by atoms with Crippen molar-refractivity contribution in [1.29, 1.82) is 0 Å². The zero-order valence-electron chi connectivity index (χ0n) is 15.1. The average Bonchev–Trinajstić information content (AvgIpc) is 3.21. The third kappa shape index (κ3) is 4.55. The molecule has 3 aromatic rings. The minimum atomic E-state index is -0.0320. The Hall–Kier alpha value is -2.66. The van der Waals surface area contributed by atoms with Gasteiger partial charge < -0.3 is 10.1 Å². The van der Waals surface area contributed by atoms with Crippen LogP contribution in [0.15, 0.2) is 53.4 Å². The Balaban J connectivity index is 1.40. The molecular formula is C22H22N2O2S. The van der Waals surface area contributed by atoms with Gasteiger partial charge in [-0.3, -0.25) is 4.79 Å². The highest BCUT2D eigenvalue weighted by molar-refractivity contribution is 7.07. The monoisotopic (exact) mass is 378 g/mol. The van der Waals surface area contributed by atoms with Crippen molar-refractivity contribution >= 4 is 22.9 Å². The van der Waals surface area contributed by atoms with Crippen molar-refractivity contribution < 1.29 is 9.53 Å². The van der Waals surface area contributed by atoms with E-state index in [1.165, 1.54) is 35.3 Å². The van der Waals surface area contributed by atoms with Crippen molar-refractivity contribution in [2.75, 3.05) is 5.32 Å². The van der Waals surface area contributed by atoms with Gasteiger partial charge in [0.1, 0.15) is 12.4 Å². The maximum atomic E-state index is 12.6. The molecule has 1 amide bonds. The number of anilines is 1. The topological polar surface area (TPSA) is 51.2 Å². The highest BCUT2D eigenvalue weighted by atomic mass is 32.1. The zero-order valence-corrected chi connectivity index (χ0v) is 15.9. The van der Waals surface area contributed by atoms with Gasteiger partial charge in [-0.1, -0.05) is 30.3 Å².